The van der Waals surface area contributed by atoms with Gasteiger partial charge in [0.05, 0.1) is 19.2 Å². The highest BCUT2D eigenvalue weighted by atomic mass is 19.4. The molecule has 49 heavy (non-hydrogen) atoms. The number of hydrogen-bond donors (Lipinski definition) is 4. The second-order valence-corrected chi connectivity index (χ2v) is 10.8. The number of halogens is 6. The number of anilines is 1. The smallest absolute Gasteiger partial charge is 0.490 e. The molecule has 4 N–H and O–H groups in total. The molecule has 1 aliphatic rings. The van der Waals surface area contributed by atoms with E-state index in [4.69, 9.17) is 29.3 Å². The number of benzene rings is 1. The molecule has 1 aromatic carbocycles. The van der Waals surface area contributed by atoms with Crippen LogP contribution in [0.15, 0.2) is 34.5 Å². The van der Waals surface area contributed by atoms with Gasteiger partial charge in [0.2, 0.25) is 0 Å². The number of amidine groups is 2. The summed E-state index contributed by atoms with van der Waals surface area (Å²) in [6.45, 7) is 11.1. The molecule has 1 atom stereocenters. The van der Waals surface area contributed by atoms with Crippen LogP contribution in [-0.2, 0) is 27.3 Å². The number of hydrogen-bond acceptors (Lipinski definition) is 10. The van der Waals surface area contributed by atoms with E-state index >= 15 is 0 Å². The van der Waals surface area contributed by atoms with Crippen molar-refractivity contribution in [2.24, 2.45) is 10.2 Å². The van der Waals surface area contributed by atoms with Crippen molar-refractivity contribution in [1.82, 2.24) is 15.6 Å². The van der Waals surface area contributed by atoms with E-state index in [1.807, 2.05) is 31.2 Å². The van der Waals surface area contributed by atoms with Crippen LogP contribution in [0.2, 0.25) is 0 Å². The Balaban J connectivity index is 0.000000717. The van der Waals surface area contributed by atoms with Crippen LogP contribution in [0, 0.1) is 0 Å². The number of nitrogens with zero attached hydrogens (tertiary/aromatic N) is 3. The summed E-state index contributed by atoms with van der Waals surface area (Å²) in [5, 5.41) is 34.3. The summed E-state index contributed by atoms with van der Waals surface area (Å²) < 4.78 is 74.1. The molecule has 0 saturated heterocycles. The van der Waals surface area contributed by atoms with E-state index in [-0.39, 0.29) is 18.1 Å². The molecular weight excluding hydrogens is 674 g/mol. The maximum atomic E-state index is 13.4. The van der Waals surface area contributed by atoms with Gasteiger partial charge in [-0.05, 0) is 63.9 Å². The van der Waals surface area contributed by atoms with Crippen molar-refractivity contribution in [2.75, 3.05) is 12.4 Å². The van der Waals surface area contributed by atoms with Gasteiger partial charge in [0.25, 0.3) is 5.91 Å². The molecule has 2 heterocycles. The monoisotopic (exact) mass is 708 g/mol. The van der Waals surface area contributed by atoms with E-state index in [0.717, 1.165) is 11.4 Å². The van der Waals surface area contributed by atoms with Crippen LogP contribution in [-0.4, -0.2) is 76.7 Å². The largest absolute Gasteiger partial charge is 0.542 e. The number of esters is 1. The van der Waals surface area contributed by atoms with Crippen LogP contribution < -0.4 is 25.8 Å². The molecule has 20 heteroatoms. The highest BCUT2D eigenvalue weighted by molar-refractivity contribution is 6.08. The first kappa shape index (κ1) is 41.9. The van der Waals surface area contributed by atoms with Crippen LogP contribution in [0.1, 0.15) is 73.6 Å². The van der Waals surface area contributed by atoms with E-state index in [1.54, 1.807) is 41.7 Å². The fourth-order valence-electron chi connectivity index (χ4n) is 3.61. The molecule has 270 valence electrons. The SMILES string of the molecule is CCc1c(C(=O)OC(C)(C)C)[nH]c(CNc2ccc(OC)cc2)c1C(=O)NC(C)C1=NN=C(C)[N+]1.O=C(O)C(F)(F)F.O=C([O-])C(F)(F)F. The van der Waals surface area contributed by atoms with Crippen molar-refractivity contribution < 1.29 is 65.2 Å². The number of amides is 1. The van der Waals surface area contributed by atoms with Crippen LogP contribution >= 0.6 is 0 Å². The van der Waals surface area contributed by atoms with Gasteiger partial charge >= 0.3 is 36.0 Å². The zero-order chi connectivity index (χ0) is 37.9. The lowest BCUT2D eigenvalue weighted by Crippen LogP contribution is -2.42. The Morgan fingerprint density at radius 3 is 1.94 bits per heavy atom. The second kappa shape index (κ2) is 17.3. The third-order valence-corrected chi connectivity index (χ3v) is 5.71. The predicted molar refractivity (Wildman–Crippen MR) is 160 cm³/mol. The molecule has 1 aliphatic heterocycles. The number of carbonyl (C=O) groups excluding carboxylic acids is 3. The number of methoxy groups -OCH3 is 1. The molecule has 1 unspecified atom stereocenters. The highest BCUT2D eigenvalue weighted by Gasteiger charge is 2.38. The Kier molecular flexibility index (Phi) is 14.8. The molecule has 1 aromatic heterocycles. The number of carboxylic acids is 2. The molecule has 0 spiro atoms. The van der Waals surface area contributed by atoms with E-state index in [1.165, 1.54) is 0 Å². The lowest BCUT2D eigenvalue weighted by atomic mass is 10.0. The molecule has 1 amide bonds. The maximum absolute atomic E-state index is 13.4. The van der Waals surface area contributed by atoms with Crippen molar-refractivity contribution in [3.8, 4) is 5.75 Å². The zero-order valence-electron chi connectivity index (χ0n) is 27.2. The summed E-state index contributed by atoms with van der Waals surface area (Å²) >= 11 is 0. The van der Waals surface area contributed by atoms with Gasteiger partial charge < -0.3 is 40.1 Å². The van der Waals surface area contributed by atoms with Crippen molar-refractivity contribution in [2.45, 2.75) is 78.5 Å². The standard InChI is InChI=1S/C25H33N6O4.2C2HF3O2/c1-8-18-20(23(32)27-14(2)22-28-15(3)30-31-22)19(29-21(18)24(33)35-25(4,5)6)13-26-16-9-11-17(34-7)12-10-16;2*3-2(4,5)1(6)7/h9-12,14,26,29H,8,13H2,1-7H3,(H,27,32);2*(H,6,7)/q+1;;/p-1. The molecule has 2 radical (unpaired) electrons. The topological polar surface area (TPSA) is 209 Å². The van der Waals surface area contributed by atoms with Crippen LogP contribution in [0.4, 0.5) is 32.0 Å². The molecule has 3 rings (SSSR count). The quantitative estimate of drug-likeness (QED) is 0.222. The average molecular weight is 709 g/mol. The number of rotatable bonds is 9. The molecule has 0 bridgehead atoms. The lowest BCUT2D eigenvalue weighted by molar-refractivity contribution is -0.344. The number of H-pyrrole nitrogens is 1. The Morgan fingerprint density at radius 2 is 1.55 bits per heavy atom. The van der Waals surface area contributed by atoms with Gasteiger partial charge in [0.15, 0.2) is 5.32 Å². The van der Waals surface area contributed by atoms with Gasteiger partial charge in [0, 0.05) is 18.3 Å². The van der Waals surface area contributed by atoms with Crippen LogP contribution in [0.3, 0.4) is 0 Å². The summed E-state index contributed by atoms with van der Waals surface area (Å²) in [6.07, 6.45) is -9.82. The fraction of sp³-hybridized carbons (Fsp3) is 0.448. The van der Waals surface area contributed by atoms with Crippen molar-refractivity contribution in [3.05, 3.63) is 46.8 Å². The number of carbonyl (C=O) groups is 4. The number of aliphatic carboxylic acids is 2. The Hall–Kier alpha value is -5.14. The third-order valence-electron chi connectivity index (χ3n) is 5.71. The van der Waals surface area contributed by atoms with E-state index in [2.05, 4.69) is 31.1 Å². The summed E-state index contributed by atoms with van der Waals surface area (Å²) in [6, 6.07) is 6.97. The molecule has 0 fully saturated rings. The third kappa shape index (κ3) is 13.9. The summed E-state index contributed by atoms with van der Waals surface area (Å²) in [5.74, 6) is -4.91. The molecule has 14 nitrogen and oxygen atoms in total. The number of alkyl halides is 6. The fourth-order valence-corrected chi connectivity index (χ4v) is 3.61. The number of aromatic nitrogens is 1. The van der Waals surface area contributed by atoms with E-state index in [0.29, 0.717) is 34.9 Å². The van der Waals surface area contributed by atoms with Crippen LogP contribution in [0.25, 0.3) is 0 Å². The molecule has 0 saturated carbocycles. The van der Waals surface area contributed by atoms with Gasteiger partial charge in [-0.25, -0.2) is 9.59 Å². The van der Waals surface area contributed by atoms with Crippen LogP contribution in [0.5, 0.6) is 5.75 Å². The van der Waals surface area contributed by atoms with Gasteiger partial charge in [-0.1, -0.05) is 17.1 Å². The number of carboxylic acid groups (broad SMARTS) is 2. The van der Waals surface area contributed by atoms with Gasteiger partial charge in [0.1, 0.15) is 29.1 Å². The van der Waals surface area contributed by atoms with Crippen molar-refractivity contribution >= 4 is 41.2 Å². The normalized spacial score (nSPS) is 13.3. The first-order valence-corrected chi connectivity index (χ1v) is 14.0. The van der Waals surface area contributed by atoms with E-state index in [9.17, 15) is 35.9 Å². The minimum atomic E-state index is -5.19. The zero-order valence-corrected chi connectivity index (χ0v) is 27.2. The molecule has 0 aliphatic carbocycles. The second-order valence-electron chi connectivity index (χ2n) is 10.8. The molecule has 2 aromatic rings. The summed E-state index contributed by atoms with van der Waals surface area (Å²) in [7, 11) is 1.61. The minimum Gasteiger partial charge on any atom is -0.542 e. The average Bonchev–Trinajstić information content (AvgIpc) is 3.58. The summed E-state index contributed by atoms with van der Waals surface area (Å²) in [5.41, 5.74) is 2.00. The summed E-state index contributed by atoms with van der Waals surface area (Å²) in [4.78, 5) is 47.2. The van der Waals surface area contributed by atoms with E-state index < -0.39 is 41.9 Å². The van der Waals surface area contributed by atoms with Crippen molar-refractivity contribution in [1.29, 1.82) is 0 Å². The number of nitrogens with one attached hydrogen (secondary N) is 3. The minimum absolute atomic E-state index is 0.272. The van der Waals surface area contributed by atoms with Gasteiger partial charge in [-0.2, -0.15) is 26.3 Å². The highest BCUT2D eigenvalue weighted by Crippen LogP contribution is 2.25. The number of aromatic amines is 1. The van der Waals surface area contributed by atoms with Gasteiger partial charge in [-0.15, -0.1) is 0 Å². The first-order valence-electron chi connectivity index (χ1n) is 14.0. The van der Waals surface area contributed by atoms with Crippen molar-refractivity contribution in [3.63, 3.8) is 0 Å². The Morgan fingerprint density at radius 1 is 1.02 bits per heavy atom. The predicted octanol–water partition coefficient (Wildman–Crippen LogP) is 3.55. The maximum Gasteiger partial charge on any atom is 0.490 e. The Bertz CT molecular complexity index is 1520. The van der Waals surface area contributed by atoms with Gasteiger partial charge in [-0.3, -0.25) is 4.79 Å². The Labute approximate surface area is 276 Å². The number of ether oxygens (including phenoxy) is 2. The molecular formula is C29H34F6N6O8. The first-order chi connectivity index (χ1) is 22.4. The lowest BCUT2D eigenvalue weighted by Gasteiger charge is -2.19.